The van der Waals surface area contributed by atoms with E-state index in [0.29, 0.717) is 12.1 Å². The minimum atomic E-state index is -0.992. The number of anilines is 1. The van der Waals surface area contributed by atoms with Crippen LogP contribution in [0.4, 0.5) is 5.69 Å². The average molecular weight is 244 g/mol. The number of halogens is 1. The number of hydrogen-bond donors (Lipinski definition) is 2. The Morgan fingerprint density at radius 3 is 2.88 bits per heavy atom. The molecule has 2 N–H and O–H groups in total. The van der Waals surface area contributed by atoms with Crippen LogP contribution in [0.5, 0.6) is 0 Å². The smallest absolute Gasteiger partial charge is 0.352 e. The first-order chi connectivity index (χ1) is 7.24. The van der Waals surface area contributed by atoms with Gasteiger partial charge in [0.25, 0.3) is 0 Å². The Kier molecular flexibility index (Phi) is 6.87. The first kappa shape index (κ1) is 14.4. The third kappa shape index (κ3) is 4.75. The van der Waals surface area contributed by atoms with E-state index in [-0.39, 0.29) is 18.1 Å². The molecule has 0 aliphatic rings. The summed E-state index contributed by atoms with van der Waals surface area (Å²) in [6.45, 7) is 1.91. The number of carboxylic acid groups (broad SMARTS) is 1. The van der Waals surface area contributed by atoms with Crippen molar-refractivity contribution in [3.63, 3.8) is 0 Å². The van der Waals surface area contributed by atoms with Crippen LogP contribution in [0.3, 0.4) is 0 Å². The number of aromatic nitrogens is 1. The minimum Gasteiger partial charge on any atom is -0.477 e. The van der Waals surface area contributed by atoms with Crippen LogP contribution in [0, 0.1) is 0 Å². The molecule has 0 unspecified atom stereocenters. The third-order valence-electron chi connectivity index (χ3n) is 1.72. The van der Waals surface area contributed by atoms with E-state index in [1.807, 2.05) is 6.92 Å². The largest absolute Gasteiger partial charge is 0.477 e. The molecule has 6 heteroatoms. The highest BCUT2D eigenvalue weighted by molar-refractivity contribution is 6.35. The van der Waals surface area contributed by atoms with Gasteiger partial charge < -0.3 is 5.11 Å². The van der Waals surface area contributed by atoms with Crippen LogP contribution in [-0.4, -0.2) is 21.8 Å². The predicted molar refractivity (Wildman–Crippen MR) is 65.1 cm³/mol. The number of carboxylic acids is 1. The molecular weight excluding hydrogens is 230 g/mol. The summed E-state index contributed by atoms with van der Waals surface area (Å²) in [4.78, 5) is 14.6. The van der Waals surface area contributed by atoms with Crippen molar-refractivity contribution in [2.24, 2.45) is 5.10 Å². The Labute approximate surface area is 100.0 Å². The molecule has 0 aliphatic carbocycles. The lowest BCUT2D eigenvalue weighted by Crippen LogP contribution is -2.14. The molecule has 16 heavy (non-hydrogen) atoms. The second kappa shape index (κ2) is 7.64. The molecule has 88 valence electrons. The van der Waals surface area contributed by atoms with E-state index in [9.17, 15) is 4.79 Å². The molecule has 0 aliphatic heterocycles. The van der Waals surface area contributed by atoms with E-state index in [2.05, 4.69) is 15.5 Å². The van der Waals surface area contributed by atoms with Gasteiger partial charge in [0.2, 0.25) is 0 Å². The molecule has 1 aromatic heterocycles. The van der Waals surface area contributed by atoms with Gasteiger partial charge in [0.05, 0.1) is 11.9 Å². The van der Waals surface area contributed by atoms with Crippen molar-refractivity contribution in [2.45, 2.75) is 19.8 Å². The normalized spacial score (nSPS) is 10.4. The van der Waals surface area contributed by atoms with Crippen molar-refractivity contribution in [2.75, 3.05) is 5.43 Å². The lowest BCUT2D eigenvalue weighted by atomic mass is 10.2. The standard InChI is InChI=1S/C10H13N3O2.ClH/c1-2-4-9(10(14)15)13-12-8-5-3-6-11-7-8;/h3,5-7,12H,2,4H2,1H3,(H,14,15);1H/b13-9+;. The van der Waals surface area contributed by atoms with Gasteiger partial charge in [-0.3, -0.25) is 10.4 Å². The summed E-state index contributed by atoms with van der Waals surface area (Å²) in [6.07, 6.45) is 4.41. The van der Waals surface area contributed by atoms with Gasteiger partial charge in [0.15, 0.2) is 0 Å². The summed E-state index contributed by atoms with van der Waals surface area (Å²) in [5.74, 6) is -0.992. The molecule has 0 amide bonds. The van der Waals surface area contributed by atoms with Crippen LogP contribution < -0.4 is 5.43 Å². The van der Waals surface area contributed by atoms with Gasteiger partial charge >= 0.3 is 5.97 Å². The fourth-order valence-electron chi connectivity index (χ4n) is 1.01. The summed E-state index contributed by atoms with van der Waals surface area (Å²) in [6, 6.07) is 3.51. The van der Waals surface area contributed by atoms with E-state index < -0.39 is 5.97 Å². The molecule has 0 radical (unpaired) electrons. The second-order valence-corrected chi connectivity index (χ2v) is 2.97. The van der Waals surface area contributed by atoms with Crippen LogP contribution in [0.1, 0.15) is 19.8 Å². The molecule has 0 fully saturated rings. The predicted octanol–water partition coefficient (Wildman–Crippen LogP) is 2.16. The highest BCUT2D eigenvalue weighted by Crippen LogP contribution is 2.03. The van der Waals surface area contributed by atoms with Crippen molar-refractivity contribution >= 4 is 29.8 Å². The third-order valence-corrected chi connectivity index (χ3v) is 1.72. The van der Waals surface area contributed by atoms with E-state index in [4.69, 9.17) is 5.11 Å². The zero-order valence-electron chi connectivity index (χ0n) is 8.88. The number of nitrogens with one attached hydrogen (secondary N) is 1. The van der Waals surface area contributed by atoms with Crippen LogP contribution >= 0.6 is 12.4 Å². The van der Waals surface area contributed by atoms with Gasteiger partial charge in [0, 0.05) is 6.20 Å². The molecule has 0 bridgehead atoms. The molecule has 0 saturated heterocycles. The summed E-state index contributed by atoms with van der Waals surface area (Å²) in [5, 5.41) is 12.6. The molecule has 1 rings (SSSR count). The van der Waals surface area contributed by atoms with Gasteiger partial charge in [0.1, 0.15) is 5.71 Å². The summed E-state index contributed by atoms with van der Waals surface area (Å²) in [5.41, 5.74) is 3.46. The van der Waals surface area contributed by atoms with Gasteiger partial charge in [-0.05, 0) is 18.6 Å². The van der Waals surface area contributed by atoms with Crippen molar-refractivity contribution in [3.8, 4) is 0 Å². The topological polar surface area (TPSA) is 74.6 Å². The minimum absolute atomic E-state index is 0. The molecule has 1 heterocycles. The zero-order chi connectivity index (χ0) is 11.1. The molecular formula is C10H14ClN3O2. The van der Waals surface area contributed by atoms with Crippen LogP contribution in [0.15, 0.2) is 29.6 Å². The first-order valence-electron chi connectivity index (χ1n) is 4.70. The number of nitrogens with zero attached hydrogens (tertiary/aromatic N) is 2. The van der Waals surface area contributed by atoms with Crippen molar-refractivity contribution in [3.05, 3.63) is 24.5 Å². The van der Waals surface area contributed by atoms with Gasteiger partial charge in [-0.15, -0.1) is 12.4 Å². The van der Waals surface area contributed by atoms with Crippen LogP contribution in [0.25, 0.3) is 0 Å². The Bertz CT molecular complexity index is 354. The lowest BCUT2D eigenvalue weighted by Gasteiger charge is -2.01. The zero-order valence-corrected chi connectivity index (χ0v) is 9.70. The van der Waals surface area contributed by atoms with Gasteiger partial charge in [-0.1, -0.05) is 13.3 Å². The average Bonchev–Trinajstić information content (AvgIpc) is 2.25. The lowest BCUT2D eigenvalue weighted by molar-refractivity contribution is -0.129. The fourth-order valence-corrected chi connectivity index (χ4v) is 1.01. The second-order valence-electron chi connectivity index (χ2n) is 2.97. The Hall–Kier alpha value is -1.62. The summed E-state index contributed by atoms with van der Waals surface area (Å²) >= 11 is 0. The molecule has 0 atom stereocenters. The monoisotopic (exact) mass is 243 g/mol. The summed E-state index contributed by atoms with van der Waals surface area (Å²) in [7, 11) is 0. The molecule has 1 aromatic rings. The van der Waals surface area contributed by atoms with Crippen LogP contribution in [-0.2, 0) is 4.79 Å². The first-order valence-corrected chi connectivity index (χ1v) is 4.70. The van der Waals surface area contributed by atoms with E-state index in [1.165, 1.54) is 0 Å². The highest BCUT2D eigenvalue weighted by atomic mass is 35.5. The van der Waals surface area contributed by atoms with Crippen molar-refractivity contribution in [1.29, 1.82) is 0 Å². The van der Waals surface area contributed by atoms with Crippen LogP contribution in [0.2, 0.25) is 0 Å². The fraction of sp³-hybridized carbons (Fsp3) is 0.300. The number of aliphatic carboxylic acids is 1. The van der Waals surface area contributed by atoms with Gasteiger partial charge in [-0.25, -0.2) is 4.79 Å². The maximum Gasteiger partial charge on any atom is 0.352 e. The van der Waals surface area contributed by atoms with E-state index >= 15 is 0 Å². The van der Waals surface area contributed by atoms with E-state index in [1.54, 1.807) is 24.5 Å². The number of hydrogen-bond acceptors (Lipinski definition) is 4. The number of carbonyl (C=O) groups is 1. The van der Waals surface area contributed by atoms with Gasteiger partial charge in [-0.2, -0.15) is 5.10 Å². The van der Waals surface area contributed by atoms with E-state index in [0.717, 1.165) is 6.42 Å². The Morgan fingerprint density at radius 2 is 2.38 bits per heavy atom. The maximum absolute atomic E-state index is 10.7. The Balaban J connectivity index is 0.00000225. The number of rotatable bonds is 5. The SMILES string of the molecule is CCC/C(=N\Nc1cccnc1)C(=O)O.Cl. The molecule has 0 spiro atoms. The maximum atomic E-state index is 10.7. The Morgan fingerprint density at radius 1 is 1.62 bits per heavy atom. The molecule has 0 aromatic carbocycles. The highest BCUT2D eigenvalue weighted by Gasteiger charge is 2.07. The number of pyridine rings is 1. The number of hydrazone groups is 1. The van der Waals surface area contributed by atoms with Crippen molar-refractivity contribution in [1.82, 2.24) is 4.98 Å². The summed E-state index contributed by atoms with van der Waals surface area (Å²) < 4.78 is 0. The van der Waals surface area contributed by atoms with Crippen molar-refractivity contribution < 1.29 is 9.90 Å². The molecule has 5 nitrogen and oxygen atoms in total. The quantitative estimate of drug-likeness (QED) is 0.614. The molecule has 0 saturated carbocycles.